The third-order valence-corrected chi connectivity index (χ3v) is 5.27. The number of rotatable bonds is 6. The molecule has 0 saturated heterocycles. The van der Waals surface area contributed by atoms with Gasteiger partial charge in [0, 0.05) is 7.05 Å². The van der Waals surface area contributed by atoms with Crippen molar-refractivity contribution >= 4 is 26.7 Å². The van der Waals surface area contributed by atoms with Gasteiger partial charge in [0.1, 0.15) is 0 Å². The Morgan fingerprint density at radius 2 is 1.88 bits per heavy atom. The molecule has 0 aliphatic heterocycles. The summed E-state index contributed by atoms with van der Waals surface area (Å²) >= 11 is 0. The molecular formula is C17H19N3O3S. The van der Waals surface area contributed by atoms with E-state index in [0.717, 1.165) is 11.1 Å². The van der Waals surface area contributed by atoms with Gasteiger partial charge in [-0.1, -0.05) is 30.3 Å². The van der Waals surface area contributed by atoms with Crippen molar-refractivity contribution in [2.75, 3.05) is 10.5 Å². The number of nitrogens with one attached hydrogen (secondary N) is 2. The molecule has 0 fully saturated rings. The number of hydrogen-bond donors (Lipinski definition) is 2. The lowest BCUT2D eigenvalue weighted by Crippen LogP contribution is -2.17. The van der Waals surface area contributed by atoms with Gasteiger partial charge in [0.25, 0.3) is 0 Å². The standard InChI is InChI=1S/C17H19N3O3S/c1-20-16-10-9-14(12-15(16)18-17(20)21)19-24(22,23)11-5-8-13-6-3-2-4-7-13/h2-4,6-7,9-10,12,19H,5,8,11H2,1H3,(H,18,21). The molecule has 0 saturated carbocycles. The average Bonchev–Trinajstić information content (AvgIpc) is 2.82. The van der Waals surface area contributed by atoms with Gasteiger partial charge in [-0.05, 0) is 36.6 Å². The molecule has 1 heterocycles. The zero-order valence-corrected chi connectivity index (χ0v) is 14.1. The van der Waals surface area contributed by atoms with E-state index < -0.39 is 10.0 Å². The Hall–Kier alpha value is -2.54. The van der Waals surface area contributed by atoms with Crippen molar-refractivity contribution in [2.24, 2.45) is 7.05 Å². The first-order valence-corrected chi connectivity index (χ1v) is 9.33. The lowest BCUT2D eigenvalue weighted by atomic mass is 10.1. The summed E-state index contributed by atoms with van der Waals surface area (Å²) in [5.41, 5.74) is 2.67. The van der Waals surface area contributed by atoms with Crippen molar-refractivity contribution in [3.8, 4) is 0 Å². The summed E-state index contributed by atoms with van der Waals surface area (Å²) in [6, 6.07) is 14.8. The summed E-state index contributed by atoms with van der Waals surface area (Å²) < 4.78 is 28.5. The highest BCUT2D eigenvalue weighted by atomic mass is 32.2. The van der Waals surface area contributed by atoms with Crippen molar-refractivity contribution in [1.82, 2.24) is 9.55 Å². The van der Waals surface area contributed by atoms with Gasteiger partial charge in [-0.3, -0.25) is 9.29 Å². The second-order valence-corrected chi connectivity index (χ2v) is 7.57. The predicted molar refractivity (Wildman–Crippen MR) is 95.7 cm³/mol. The minimum atomic E-state index is -3.43. The highest BCUT2D eigenvalue weighted by Crippen LogP contribution is 2.17. The number of nitrogens with zero attached hydrogens (tertiary/aromatic N) is 1. The molecule has 1 aromatic heterocycles. The number of sulfonamides is 1. The average molecular weight is 345 g/mol. The smallest absolute Gasteiger partial charge is 0.305 e. The van der Waals surface area contributed by atoms with E-state index in [4.69, 9.17) is 0 Å². The summed E-state index contributed by atoms with van der Waals surface area (Å²) in [7, 11) is -1.76. The van der Waals surface area contributed by atoms with E-state index in [2.05, 4.69) is 9.71 Å². The topological polar surface area (TPSA) is 84.0 Å². The van der Waals surface area contributed by atoms with Crippen LogP contribution >= 0.6 is 0 Å². The molecular weight excluding hydrogens is 326 g/mol. The van der Waals surface area contributed by atoms with Crippen LogP contribution in [0.4, 0.5) is 5.69 Å². The number of imidazole rings is 1. The van der Waals surface area contributed by atoms with Crippen molar-refractivity contribution in [3.05, 3.63) is 64.6 Å². The zero-order chi connectivity index (χ0) is 17.2. The van der Waals surface area contributed by atoms with Crippen LogP contribution in [0.2, 0.25) is 0 Å². The summed E-state index contributed by atoms with van der Waals surface area (Å²) in [5.74, 6) is 0.0469. The maximum Gasteiger partial charge on any atom is 0.326 e. The Kier molecular flexibility index (Phi) is 4.44. The molecule has 0 aliphatic carbocycles. The molecule has 3 aromatic rings. The largest absolute Gasteiger partial charge is 0.326 e. The van der Waals surface area contributed by atoms with Crippen LogP contribution in [-0.2, 0) is 23.5 Å². The number of benzene rings is 2. The second kappa shape index (κ2) is 6.52. The van der Waals surface area contributed by atoms with Gasteiger partial charge in [-0.25, -0.2) is 13.2 Å². The Morgan fingerprint density at radius 1 is 1.12 bits per heavy atom. The van der Waals surface area contributed by atoms with Gasteiger partial charge < -0.3 is 4.98 Å². The molecule has 0 unspecified atom stereocenters. The first kappa shape index (κ1) is 16.3. The fourth-order valence-corrected chi connectivity index (χ4v) is 3.75. The molecule has 0 radical (unpaired) electrons. The third-order valence-electron chi connectivity index (χ3n) is 3.90. The highest BCUT2D eigenvalue weighted by molar-refractivity contribution is 7.92. The first-order valence-electron chi connectivity index (χ1n) is 7.68. The molecule has 2 N–H and O–H groups in total. The SMILES string of the molecule is Cn1c(=O)[nH]c2cc(NS(=O)(=O)CCCc3ccccc3)ccc21. The van der Waals surface area contributed by atoms with E-state index in [1.165, 1.54) is 4.57 Å². The Balaban J connectivity index is 1.66. The predicted octanol–water partition coefficient (Wildman–Crippen LogP) is 2.24. The molecule has 0 amide bonds. The molecule has 24 heavy (non-hydrogen) atoms. The van der Waals surface area contributed by atoms with Crippen LogP contribution < -0.4 is 10.4 Å². The number of fused-ring (bicyclic) bond motifs is 1. The summed E-state index contributed by atoms with van der Waals surface area (Å²) in [6.07, 6.45) is 1.26. The Bertz CT molecular complexity index is 1000. The van der Waals surface area contributed by atoms with E-state index in [9.17, 15) is 13.2 Å². The first-order chi connectivity index (χ1) is 11.4. The zero-order valence-electron chi connectivity index (χ0n) is 13.3. The van der Waals surface area contributed by atoms with Crippen LogP contribution in [0.5, 0.6) is 0 Å². The van der Waals surface area contributed by atoms with E-state index in [1.807, 2.05) is 30.3 Å². The third kappa shape index (κ3) is 3.68. The van der Waals surface area contributed by atoms with Gasteiger partial charge in [0.2, 0.25) is 10.0 Å². The van der Waals surface area contributed by atoms with E-state index >= 15 is 0 Å². The van der Waals surface area contributed by atoms with Crippen LogP contribution in [0.15, 0.2) is 53.3 Å². The number of H-pyrrole nitrogens is 1. The quantitative estimate of drug-likeness (QED) is 0.718. The Morgan fingerprint density at radius 3 is 2.62 bits per heavy atom. The molecule has 0 bridgehead atoms. The van der Waals surface area contributed by atoms with Crippen LogP contribution in [0.25, 0.3) is 11.0 Å². The molecule has 0 atom stereocenters. The van der Waals surface area contributed by atoms with Crippen molar-refractivity contribution in [3.63, 3.8) is 0 Å². The maximum atomic E-state index is 12.2. The molecule has 2 aromatic carbocycles. The van der Waals surface area contributed by atoms with Crippen molar-refractivity contribution < 1.29 is 8.42 Å². The number of hydrogen-bond acceptors (Lipinski definition) is 3. The van der Waals surface area contributed by atoms with Crippen LogP contribution in [0.3, 0.4) is 0 Å². The summed E-state index contributed by atoms with van der Waals surface area (Å²) in [5, 5.41) is 0. The molecule has 3 rings (SSSR count). The number of aromatic amines is 1. The van der Waals surface area contributed by atoms with Gasteiger partial charge in [0.15, 0.2) is 0 Å². The molecule has 0 aliphatic rings. The van der Waals surface area contributed by atoms with Crippen LogP contribution in [0.1, 0.15) is 12.0 Å². The lowest BCUT2D eigenvalue weighted by molar-refractivity contribution is 0.598. The summed E-state index contributed by atoms with van der Waals surface area (Å²) in [6.45, 7) is 0. The normalized spacial score (nSPS) is 11.7. The van der Waals surface area contributed by atoms with Gasteiger partial charge >= 0.3 is 5.69 Å². The number of anilines is 1. The molecule has 7 heteroatoms. The molecule has 126 valence electrons. The fraction of sp³-hybridized carbons (Fsp3) is 0.235. The minimum Gasteiger partial charge on any atom is -0.305 e. The van der Waals surface area contributed by atoms with Crippen molar-refractivity contribution in [2.45, 2.75) is 12.8 Å². The van der Waals surface area contributed by atoms with Gasteiger partial charge in [0.05, 0.1) is 22.5 Å². The van der Waals surface area contributed by atoms with E-state index in [-0.39, 0.29) is 11.4 Å². The van der Waals surface area contributed by atoms with E-state index in [0.29, 0.717) is 24.0 Å². The molecule has 6 nitrogen and oxygen atoms in total. The monoisotopic (exact) mass is 345 g/mol. The molecule has 0 spiro atoms. The van der Waals surface area contributed by atoms with Gasteiger partial charge in [-0.2, -0.15) is 0 Å². The van der Waals surface area contributed by atoms with E-state index in [1.54, 1.807) is 25.2 Å². The highest BCUT2D eigenvalue weighted by Gasteiger charge is 2.12. The lowest BCUT2D eigenvalue weighted by Gasteiger charge is -2.08. The maximum absolute atomic E-state index is 12.2. The number of aromatic nitrogens is 2. The van der Waals surface area contributed by atoms with Crippen LogP contribution in [0, 0.1) is 0 Å². The summed E-state index contributed by atoms with van der Waals surface area (Å²) in [4.78, 5) is 14.3. The minimum absolute atomic E-state index is 0.0469. The van der Waals surface area contributed by atoms with Crippen LogP contribution in [-0.4, -0.2) is 23.7 Å². The Labute approximate surface area is 140 Å². The number of aryl methyl sites for hydroxylation is 2. The van der Waals surface area contributed by atoms with Gasteiger partial charge in [-0.15, -0.1) is 0 Å². The van der Waals surface area contributed by atoms with Crippen molar-refractivity contribution in [1.29, 1.82) is 0 Å². The fourth-order valence-electron chi connectivity index (χ4n) is 2.64. The second-order valence-electron chi connectivity index (χ2n) is 5.73.